The number of Topliss-reactive ketones (excluding diaryl/α,β-unsaturated/α-hetero) is 1. The maximum absolute atomic E-state index is 15.0. The molecule has 0 saturated carbocycles. The highest BCUT2D eigenvalue weighted by Crippen LogP contribution is 2.45. The highest BCUT2D eigenvalue weighted by Gasteiger charge is 2.42. The predicted octanol–water partition coefficient (Wildman–Crippen LogP) is 8.07. The summed E-state index contributed by atoms with van der Waals surface area (Å²) in [6, 6.07) is 14.0. The van der Waals surface area contributed by atoms with E-state index in [9.17, 15) is 9.59 Å². The average molecular weight is 891 g/mol. The van der Waals surface area contributed by atoms with Crippen LogP contribution in [-0.2, 0) is 44.6 Å². The molecule has 0 N–H and O–H groups in total. The smallest absolute Gasteiger partial charge is 0.285 e. The van der Waals surface area contributed by atoms with Gasteiger partial charge in [-0.1, -0.05) is 64.4 Å². The van der Waals surface area contributed by atoms with Gasteiger partial charge >= 0.3 is 0 Å². The van der Waals surface area contributed by atoms with E-state index in [1.165, 1.54) is 11.1 Å². The Kier molecular flexibility index (Phi) is 15.1. The van der Waals surface area contributed by atoms with E-state index in [0.29, 0.717) is 55.6 Å². The zero-order valence-corrected chi connectivity index (χ0v) is 39.5. The molecule has 1 amide bonds. The third-order valence-corrected chi connectivity index (χ3v) is 16.4. The summed E-state index contributed by atoms with van der Waals surface area (Å²) in [5, 5.41) is 0.738. The first-order valence-corrected chi connectivity index (χ1v) is 25.0. The minimum atomic E-state index is -3.33. The number of hydrogen-bond acceptors (Lipinski definition) is 9. The van der Waals surface area contributed by atoms with Gasteiger partial charge in [-0.05, 0) is 91.0 Å². The molecule has 5 aliphatic rings. The van der Waals surface area contributed by atoms with Crippen molar-refractivity contribution >= 4 is 38.7 Å². The van der Waals surface area contributed by atoms with Crippen LogP contribution < -0.4 is 9.64 Å². The third kappa shape index (κ3) is 10.4. The molecule has 1 aromatic heterocycles. The lowest BCUT2D eigenvalue weighted by Gasteiger charge is -2.43. The van der Waals surface area contributed by atoms with E-state index < -0.39 is 15.6 Å². The Morgan fingerprint density at radius 2 is 1.89 bits per heavy atom. The van der Waals surface area contributed by atoms with Gasteiger partial charge in [-0.25, -0.2) is 4.21 Å². The molecule has 5 heterocycles. The van der Waals surface area contributed by atoms with Crippen molar-refractivity contribution in [3.63, 3.8) is 0 Å². The Balaban J connectivity index is 0.00000285. The molecular formula is C49H68ClN5O6S. The second-order valence-corrected chi connectivity index (χ2v) is 21.1. The van der Waals surface area contributed by atoms with E-state index in [2.05, 4.69) is 57.2 Å². The van der Waals surface area contributed by atoms with Gasteiger partial charge in [0.05, 0.1) is 47.1 Å². The molecule has 4 aliphatic heterocycles. The topological polar surface area (TPSA) is 106 Å². The summed E-state index contributed by atoms with van der Waals surface area (Å²) in [6.07, 6.45) is 9.47. The number of allylic oxidation sites excluding steroid dienone is 1. The van der Waals surface area contributed by atoms with Gasteiger partial charge in [0.2, 0.25) is 0 Å². The molecule has 13 heteroatoms. The van der Waals surface area contributed by atoms with E-state index in [1.54, 1.807) is 13.2 Å². The number of methoxy groups -OCH3 is 1. The van der Waals surface area contributed by atoms with Crippen LogP contribution in [0.3, 0.4) is 0 Å². The molecule has 2 saturated heterocycles. The van der Waals surface area contributed by atoms with Crippen LogP contribution in [0.4, 0.5) is 5.69 Å². The summed E-state index contributed by atoms with van der Waals surface area (Å²) < 4.78 is 40.1. The van der Waals surface area contributed by atoms with Crippen molar-refractivity contribution in [3.8, 4) is 5.75 Å². The lowest BCUT2D eigenvalue weighted by Crippen LogP contribution is -2.57. The van der Waals surface area contributed by atoms with Crippen molar-refractivity contribution in [1.29, 1.82) is 0 Å². The fourth-order valence-corrected chi connectivity index (χ4v) is 12.7. The number of benzene rings is 2. The van der Waals surface area contributed by atoms with Crippen molar-refractivity contribution in [2.45, 2.75) is 84.4 Å². The molecule has 62 heavy (non-hydrogen) atoms. The molecular weight excluding hydrogens is 822 g/mol. The standard InChI is InChI=1S/C47H62ClN5O6S.C2H6/c1-32-8-6-10-44(57-5)34(3)33(2)23-53-30-47(15-7-9-35-20-38(48)12-13-41(35)47)31-59-45-14-11-36(22-42(45)53)46(55)49-60(56,28-32)29-43(54)37-21-39(50(4)24-37)25-51-16-17-52-18-19-58-27-40(52)26-51;1-2/h6,10-14,20-22,24,32-34,40,44H,7-9,15-19,23,25-31H2,1-5H3;1-2H3/b10-6+;/t32-,33-,34+,40-,44-,47-,60+;/m0./s1. The van der Waals surface area contributed by atoms with Gasteiger partial charge in [-0.15, -0.1) is 0 Å². The number of halogens is 1. The Bertz CT molecular complexity index is 2230. The van der Waals surface area contributed by atoms with Gasteiger partial charge in [-0.2, -0.15) is 4.36 Å². The number of piperazine rings is 1. The van der Waals surface area contributed by atoms with E-state index in [1.807, 2.05) is 62.8 Å². The summed E-state index contributed by atoms with van der Waals surface area (Å²) in [5.74, 6) is -0.110. The number of carbonyl (C=O) groups excluding carboxylic acids is 2. The van der Waals surface area contributed by atoms with E-state index in [-0.39, 0.29) is 46.6 Å². The number of nitrogens with zero attached hydrogens (tertiary/aromatic N) is 5. The summed E-state index contributed by atoms with van der Waals surface area (Å²) >= 11 is 6.50. The van der Waals surface area contributed by atoms with Crippen LogP contribution >= 0.6 is 11.6 Å². The monoisotopic (exact) mass is 889 g/mol. The predicted molar refractivity (Wildman–Crippen MR) is 249 cm³/mol. The molecule has 2 fully saturated rings. The third-order valence-electron chi connectivity index (χ3n) is 13.8. The van der Waals surface area contributed by atoms with E-state index in [4.69, 9.17) is 25.8 Å². The number of aryl methyl sites for hydroxylation is 2. The Morgan fingerprint density at radius 1 is 1.06 bits per heavy atom. The maximum atomic E-state index is 15.0. The quantitative estimate of drug-likeness (QED) is 0.180. The fourth-order valence-electron chi connectivity index (χ4n) is 10.2. The van der Waals surface area contributed by atoms with Crippen LogP contribution in [0, 0.1) is 17.8 Å². The van der Waals surface area contributed by atoms with Crippen molar-refractivity contribution in [2.75, 3.05) is 82.6 Å². The summed E-state index contributed by atoms with van der Waals surface area (Å²) in [7, 11) is 0.374. The molecule has 3 aromatic rings. The second kappa shape index (κ2) is 20.1. The molecule has 2 bridgehead atoms. The van der Waals surface area contributed by atoms with Crippen LogP contribution in [0.25, 0.3) is 0 Å². The first-order valence-electron chi connectivity index (χ1n) is 22.8. The molecule has 0 unspecified atom stereocenters. The normalized spacial score (nSPS) is 30.2. The molecule has 1 spiro atoms. The highest BCUT2D eigenvalue weighted by atomic mass is 35.5. The highest BCUT2D eigenvalue weighted by molar-refractivity contribution is 7.94. The zero-order valence-electron chi connectivity index (χ0n) is 37.9. The lowest BCUT2D eigenvalue weighted by molar-refractivity contribution is -0.0464. The number of fused-ring (bicyclic) bond motifs is 4. The summed E-state index contributed by atoms with van der Waals surface area (Å²) in [4.78, 5) is 35.7. The van der Waals surface area contributed by atoms with Crippen molar-refractivity contribution in [2.24, 2.45) is 29.2 Å². The van der Waals surface area contributed by atoms with Gasteiger partial charge < -0.3 is 23.7 Å². The first kappa shape index (κ1) is 46.5. The number of morpholine rings is 1. The lowest BCUT2D eigenvalue weighted by atomic mass is 9.70. The number of anilines is 1. The van der Waals surface area contributed by atoms with Gasteiger partial charge in [0.1, 0.15) is 5.75 Å². The number of hydrogen-bond donors (Lipinski definition) is 0. The SMILES string of the molecule is CC.CO[C@H]1/C=C/C[C@H](C)C[S@@](=O)(CC(=O)c2cc(CN3CCN4CCOC[C@@H]4C3)n(C)c2)=NC(=O)c2ccc3c(c2)N(C[C@H](C)[C@H]1C)C[C@@]1(CCCc2cc(Cl)ccc21)CO3. The van der Waals surface area contributed by atoms with Gasteiger partial charge in [0, 0.05) is 105 Å². The van der Waals surface area contributed by atoms with Crippen LogP contribution in [0.5, 0.6) is 5.75 Å². The fraction of sp³-hybridized carbons (Fsp3) is 0.592. The Hall–Kier alpha value is -3.52. The molecule has 11 nitrogen and oxygen atoms in total. The molecule has 338 valence electrons. The molecule has 0 radical (unpaired) electrons. The average Bonchev–Trinajstić information content (AvgIpc) is 3.55. The second-order valence-electron chi connectivity index (χ2n) is 18.3. The van der Waals surface area contributed by atoms with Crippen LogP contribution in [0.1, 0.15) is 91.4 Å². The molecule has 1 aliphatic carbocycles. The molecule has 8 rings (SSSR count). The largest absolute Gasteiger partial charge is 0.490 e. The van der Waals surface area contributed by atoms with Crippen molar-refractivity contribution in [1.82, 2.24) is 14.4 Å². The van der Waals surface area contributed by atoms with E-state index in [0.717, 1.165) is 75.1 Å². The Morgan fingerprint density at radius 3 is 2.69 bits per heavy atom. The molecule has 7 atom stereocenters. The van der Waals surface area contributed by atoms with Gasteiger partial charge in [0.15, 0.2) is 5.78 Å². The number of carbonyl (C=O) groups is 2. The van der Waals surface area contributed by atoms with Gasteiger partial charge in [-0.3, -0.25) is 19.4 Å². The van der Waals surface area contributed by atoms with Crippen molar-refractivity contribution < 1.29 is 28.0 Å². The number of ether oxygens (including phenoxy) is 3. The maximum Gasteiger partial charge on any atom is 0.285 e. The van der Waals surface area contributed by atoms with E-state index >= 15 is 4.21 Å². The Labute approximate surface area is 375 Å². The minimum Gasteiger partial charge on any atom is -0.490 e. The minimum absolute atomic E-state index is 0.106. The summed E-state index contributed by atoms with van der Waals surface area (Å²) in [5.41, 5.74) is 4.89. The first-order chi connectivity index (χ1) is 29.8. The van der Waals surface area contributed by atoms with Crippen LogP contribution in [0.2, 0.25) is 5.02 Å². The number of rotatable bonds is 6. The van der Waals surface area contributed by atoms with Crippen LogP contribution in [0.15, 0.2) is 65.2 Å². The molecule has 2 aromatic carbocycles. The number of aromatic nitrogens is 1. The van der Waals surface area contributed by atoms with Crippen molar-refractivity contribution in [3.05, 3.63) is 93.8 Å². The van der Waals surface area contributed by atoms with Crippen LogP contribution in [-0.4, -0.2) is 120 Å². The number of amides is 1. The number of ketones is 1. The summed E-state index contributed by atoms with van der Waals surface area (Å²) in [6.45, 7) is 18.5. The van der Waals surface area contributed by atoms with Gasteiger partial charge in [0.25, 0.3) is 5.91 Å². The zero-order chi connectivity index (χ0) is 44.2.